The lowest BCUT2D eigenvalue weighted by Gasteiger charge is -2.04. The van der Waals surface area contributed by atoms with Crippen LogP contribution < -0.4 is 4.72 Å². The summed E-state index contributed by atoms with van der Waals surface area (Å²) in [5.41, 5.74) is -0.868. The first kappa shape index (κ1) is 14.0. The van der Waals surface area contributed by atoms with E-state index in [-0.39, 0.29) is 0 Å². The summed E-state index contributed by atoms with van der Waals surface area (Å²) in [5.74, 6) is -2.74. The van der Waals surface area contributed by atoms with E-state index in [1.807, 2.05) is 0 Å². The van der Waals surface area contributed by atoms with E-state index in [0.717, 1.165) is 6.07 Å². The zero-order valence-corrected chi connectivity index (χ0v) is 9.48. The van der Waals surface area contributed by atoms with Crippen molar-refractivity contribution >= 4 is 21.7 Å². The molecule has 0 aliphatic carbocycles. The third kappa shape index (κ3) is 3.21. The Kier molecular flexibility index (Phi) is 3.93. The molecule has 0 fully saturated rings. The Balaban J connectivity index is 3.08. The Morgan fingerprint density at radius 1 is 1.50 bits per heavy atom. The van der Waals surface area contributed by atoms with Gasteiger partial charge in [0.2, 0.25) is 15.8 Å². The van der Waals surface area contributed by atoms with Crippen molar-refractivity contribution in [2.45, 2.75) is 4.90 Å². The molecule has 0 radical (unpaired) electrons. The molecule has 0 saturated carbocycles. The van der Waals surface area contributed by atoms with Crippen molar-refractivity contribution in [1.29, 1.82) is 0 Å². The SMILES string of the molecule is O=C(O)CNS(=O)(=O)c1ccc([N+](=O)[O-])c(F)c1. The summed E-state index contributed by atoms with van der Waals surface area (Å²) in [6.07, 6.45) is 0. The monoisotopic (exact) mass is 278 g/mol. The van der Waals surface area contributed by atoms with Crippen LogP contribution in [-0.2, 0) is 14.8 Å². The van der Waals surface area contributed by atoms with Gasteiger partial charge in [0.1, 0.15) is 6.54 Å². The molecule has 2 N–H and O–H groups in total. The number of carboxylic acid groups (broad SMARTS) is 1. The number of sulfonamides is 1. The zero-order chi connectivity index (χ0) is 13.9. The van der Waals surface area contributed by atoms with Gasteiger partial charge in [0.15, 0.2) is 0 Å². The van der Waals surface area contributed by atoms with E-state index in [0.29, 0.717) is 12.1 Å². The minimum atomic E-state index is -4.21. The average Bonchev–Trinajstić information content (AvgIpc) is 2.26. The number of nitro groups is 1. The first-order chi connectivity index (χ1) is 8.24. The molecular weight excluding hydrogens is 271 g/mol. The summed E-state index contributed by atoms with van der Waals surface area (Å²) >= 11 is 0. The van der Waals surface area contributed by atoms with Crippen LogP contribution in [0.5, 0.6) is 0 Å². The average molecular weight is 278 g/mol. The van der Waals surface area contributed by atoms with Crippen LogP contribution >= 0.6 is 0 Å². The number of hydrogen-bond acceptors (Lipinski definition) is 5. The minimum Gasteiger partial charge on any atom is -0.480 e. The number of nitro benzene ring substituents is 1. The van der Waals surface area contributed by atoms with Crippen LogP contribution in [0, 0.1) is 15.9 Å². The van der Waals surface area contributed by atoms with E-state index >= 15 is 0 Å². The van der Waals surface area contributed by atoms with Crippen LogP contribution in [0.15, 0.2) is 23.1 Å². The van der Waals surface area contributed by atoms with Gasteiger partial charge in [-0.1, -0.05) is 0 Å². The number of carbonyl (C=O) groups is 1. The Labute approximate surface area is 100 Å². The normalized spacial score (nSPS) is 11.2. The second-order valence-corrected chi connectivity index (χ2v) is 4.86. The Morgan fingerprint density at radius 3 is 2.56 bits per heavy atom. The summed E-state index contributed by atoms with van der Waals surface area (Å²) in [6.45, 7) is -0.874. The van der Waals surface area contributed by atoms with Crippen LogP contribution in [-0.4, -0.2) is 31.0 Å². The highest BCUT2D eigenvalue weighted by Crippen LogP contribution is 2.20. The van der Waals surface area contributed by atoms with Gasteiger partial charge in [0, 0.05) is 12.1 Å². The number of halogens is 1. The highest BCUT2D eigenvalue weighted by Gasteiger charge is 2.20. The summed E-state index contributed by atoms with van der Waals surface area (Å²) in [5, 5.41) is 18.6. The van der Waals surface area contributed by atoms with Gasteiger partial charge < -0.3 is 5.11 Å². The van der Waals surface area contributed by atoms with E-state index in [1.165, 1.54) is 0 Å². The molecule has 1 rings (SSSR count). The molecule has 0 saturated heterocycles. The van der Waals surface area contributed by atoms with Crippen molar-refractivity contribution in [2.75, 3.05) is 6.54 Å². The summed E-state index contributed by atoms with van der Waals surface area (Å²) < 4.78 is 37.8. The predicted molar refractivity (Wildman–Crippen MR) is 55.9 cm³/mol. The van der Waals surface area contributed by atoms with Gasteiger partial charge in [0.05, 0.1) is 9.82 Å². The standard InChI is InChI=1S/C8H7FN2O6S/c9-6-3-5(1-2-7(6)11(14)15)18(16,17)10-4-8(12)13/h1-3,10H,4H2,(H,12,13). The Hall–Kier alpha value is -2.07. The van der Waals surface area contributed by atoms with Crippen LogP contribution in [0.2, 0.25) is 0 Å². The van der Waals surface area contributed by atoms with Gasteiger partial charge in [-0.25, -0.2) is 8.42 Å². The van der Waals surface area contributed by atoms with Crippen LogP contribution in [0.25, 0.3) is 0 Å². The third-order valence-corrected chi connectivity index (χ3v) is 3.24. The molecule has 18 heavy (non-hydrogen) atoms. The van der Waals surface area contributed by atoms with Crippen molar-refractivity contribution in [3.8, 4) is 0 Å². The maximum atomic E-state index is 13.2. The minimum absolute atomic E-state index is 0.447. The van der Waals surface area contributed by atoms with Crippen molar-refractivity contribution < 1.29 is 27.6 Å². The van der Waals surface area contributed by atoms with E-state index in [4.69, 9.17) is 5.11 Å². The fourth-order valence-corrected chi connectivity index (χ4v) is 2.03. The lowest BCUT2D eigenvalue weighted by molar-refractivity contribution is -0.387. The molecule has 0 aliphatic rings. The lowest BCUT2D eigenvalue weighted by atomic mass is 10.3. The number of nitrogens with one attached hydrogen (secondary N) is 1. The number of rotatable bonds is 5. The van der Waals surface area contributed by atoms with Crippen LogP contribution in [0.1, 0.15) is 0 Å². The third-order valence-electron chi connectivity index (χ3n) is 1.84. The number of benzene rings is 1. The van der Waals surface area contributed by atoms with Gasteiger partial charge in [-0.3, -0.25) is 14.9 Å². The molecule has 1 aromatic rings. The number of aliphatic carboxylic acids is 1. The van der Waals surface area contributed by atoms with E-state index in [1.54, 1.807) is 4.72 Å². The topological polar surface area (TPSA) is 127 Å². The predicted octanol–water partition coefficient (Wildman–Crippen LogP) is 0.0968. The molecule has 1 aromatic carbocycles. The molecule has 0 heterocycles. The summed E-state index contributed by atoms with van der Waals surface area (Å²) in [4.78, 5) is 18.9. The van der Waals surface area contributed by atoms with E-state index in [9.17, 15) is 27.7 Å². The molecule has 0 unspecified atom stereocenters. The second kappa shape index (κ2) is 5.06. The quantitative estimate of drug-likeness (QED) is 0.580. The van der Waals surface area contributed by atoms with Gasteiger partial charge in [-0.2, -0.15) is 9.11 Å². The second-order valence-electron chi connectivity index (χ2n) is 3.09. The molecule has 0 amide bonds. The first-order valence-corrected chi connectivity index (χ1v) is 5.88. The smallest absolute Gasteiger partial charge is 0.318 e. The molecule has 10 heteroatoms. The Bertz CT molecular complexity index is 600. The van der Waals surface area contributed by atoms with E-state index < -0.39 is 43.9 Å². The molecule has 0 aliphatic heterocycles. The highest BCUT2D eigenvalue weighted by molar-refractivity contribution is 7.89. The van der Waals surface area contributed by atoms with Crippen molar-refractivity contribution in [3.63, 3.8) is 0 Å². The van der Waals surface area contributed by atoms with E-state index in [2.05, 4.69) is 0 Å². The number of hydrogen-bond donors (Lipinski definition) is 2. The molecule has 0 spiro atoms. The largest absolute Gasteiger partial charge is 0.480 e. The lowest BCUT2D eigenvalue weighted by Crippen LogP contribution is -2.29. The summed E-state index contributed by atoms with van der Waals surface area (Å²) in [6, 6.07) is 1.94. The molecule has 0 aromatic heterocycles. The van der Waals surface area contributed by atoms with Crippen LogP contribution in [0.4, 0.5) is 10.1 Å². The Morgan fingerprint density at radius 2 is 2.11 bits per heavy atom. The van der Waals surface area contributed by atoms with Gasteiger partial charge in [0.25, 0.3) is 0 Å². The van der Waals surface area contributed by atoms with Crippen molar-refractivity contribution in [2.24, 2.45) is 0 Å². The summed E-state index contributed by atoms with van der Waals surface area (Å²) in [7, 11) is -4.21. The fourth-order valence-electron chi connectivity index (χ4n) is 1.04. The highest BCUT2D eigenvalue weighted by atomic mass is 32.2. The zero-order valence-electron chi connectivity index (χ0n) is 8.66. The molecule has 0 bridgehead atoms. The van der Waals surface area contributed by atoms with Gasteiger partial charge >= 0.3 is 11.7 Å². The fraction of sp³-hybridized carbons (Fsp3) is 0.125. The van der Waals surface area contributed by atoms with Gasteiger partial charge in [-0.05, 0) is 6.07 Å². The molecule has 8 nitrogen and oxygen atoms in total. The van der Waals surface area contributed by atoms with Gasteiger partial charge in [-0.15, -0.1) is 0 Å². The van der Waals surface area contributed by atoms with Crippen LogP contribution in [0.3, 0.4) is 0 Å². The maximum Gasteiger partial charge on any atom is 0.318 e. The molecule has 98 valence electrons. The maximum absolute atomic E-state index is 13.2. The first-order valence-electron chi connectivity index (χ1n) is 4.39. The van der Waals surface area contributed by atoms with Crippen molar-refractivity contribution in [1.82, 2.24) is 4.72 Å². The number of nitrogens with zero attached hydrogens (tertiary/aromatic N) is 1. The molecular formula is C8H7FN2O6S. The number of carboxylic acids is 1. The van der Waals surface area contributed by atoms with Crippen molar-refractivity contribution in [3.05, 3.63) is 34.1 Å². The molecule has 0 atom stereocenters.